The summed E-state index contributed by atoms with van der Waals surface area (Å²) in [6.07, 6.45) is -8.71. The van der Waals surface area contributed by atoms with E-state index >= 15 is 0 Å². The molecule has 3 fully saturated rings. The molecule has 0 bridgehead atoms. The van der Waals surface area contributed by atoms with E-state index in [1.54, 1.807) is 0 Å². The summed E-state index contributed by atoms with van der Waals surface area (Å²) in [6.45, 7) is 2.10. The molecule has 0 aromatic carbocycles. The minimum absolute atomic E-state index is 0.102. The van der Waals surface area contributed by atoms with E-state index in [9.17, 15) is 58.3 Å². The second kappa shape index (κ2) is 20.9. The summed E-state index contributed by atoms with van der Waals surface area (Å²) in [5.74, 6) is 0. The smallest absolute Gasteiger partial charge is 0.340 e. The van der Waals surface area contributed by atoms with Gasteiger partial charge in [-0.2, -0.15) is 18.1 Å². The fourth-order valence-corrected chi connectivity index (χ4v) is 14.0. The summed E-state index contributed by atoms with van der Waals surface area (Å²) in [7, 11) is -18.5. The molecule has 0 amide bonds. The van der Waals surface area contributed by atoms with Gasteiger partial charge in [0.15, 0.2) is 0 Å². The molecule has 3 aromatic heterocycles. The van der Waals surface area contributed by atoms with Gasteiger partial charge < -0.3 is 78.1 Å². The minimum atomic E-state index is -4.85. The summed E-state index contributed by atoms with van der Waals surface area (Å²) in [4.78, 5) is 137. The average Bonchev–Trinajstić information content (AvgIpc) is 3.89. The van der Waals surface area contributed by atoms with Crippen LogP contribution in [0.4, 0.5) is 0 Å². The third-order valence-corrected chi connectivity index (χ3v) is 16.7. The summed E-state index contributed by atoms with van der Waals surface area (Å²) in [6, 6.07) is 0. The van der Waals surface area contributed by atoms with Crippen molar-refractivity contribution in [2.24, 2.45) is 0 Å². The fraction of sp³-hybridized carbons (Fsp3) is 0.600. The number of hydrogen-bond donors (Lipinski definition) is 7. The third-order valence-electron chi connectivity index (χ3n) is 9.90. The highest BCUT2D eigenvalue weighted by atomic mass is 32.7. The van der Waals surface area contributed by atoms with Gasteiger partial charge in [-0.15, -0.1) is 0 Å². The molecular formula is C30H40N6O21P4S4-2. The first kappa shape index (κ1) is 52.9. The van der Waals surface area contributed by atoms with E-state index in [4.69, 9.17) is 77.9 Å². The van der Waals surface area contributed by atoms with Crippen molar-refractivity contribution in [3.8, 4) is 0 Å². The van der Waals surface area contributed by atoms with Crippen molar-refractivity contribution in [1.29, 1.82) is 0 Å². The molecule has 0 spiro atoms. The first-order valence-corrected chi connectivity index (χ1v) is 29.1. The Morgan fingerprint density at radius 2 is 0.938 bits per heavy atom. The summed E-state index contributed by atoms with van der Waals surface area (Å²) >= 11 is 19.9. The van der Waals surface area contributed by atoms with E-state index < -0.39 is 137 Å². The molecule has 6 rings (SSSR count). The Balaban J connectivity index is 1.14. The Kier molecular flexibility index (Phi) is 17.0. The molecule has 12 atom stereocenters. The van der Waals surface area contributed by atoms with Crippen molar-refractivity contribution in [2.45, 2.75) is 95.3 Å². The maximum absolute atomic E-state index is 12.8. The third kappa shape index (κ3) is 13.7. The summed E-state index contributed by atoms with van der Waals surface area (Å²) < 4.78 is 53.0. The van der Waals surface area contributed by atoms with Crippen LogP contribution in [-0.2, 0) is 90.1 Å². The van der Waals surface area contributed by atoms with Crippen LogP contribution in [0, 0.1) is 20.8 Å². The van der Waals surface area contributed by atoms with Gasteiger partial charge in [-0.3, -0.25) is 47.6 Å². The number of aryl methyl sites for hydroxylation is 3. The second-order valence-corrected chi connectivity index (χ2v) is 25.7. The van der Waals surface area contributed by atoms with Crippen molar-refractivity contribution >= 4 is 77.6 Å². The van der Waals surface area contributed by atoms with Crippen molar-refractivity contribution in [3.63, 3.8) is 0 Å². The van der Waals surface area contributed by atoms with E-state index in [-0.39, 0.29) is 36.0 Å². The maximum Gasteiger partial charge on any atom is 0.340 e. The molecule has 3 aliphatic heterocycles. The van der Waals surface area contributed by atoms with Gasteiger partial charge in [0.05, 0.1) is 6.61 Å². The number of rotatable bonds is 18. The zero-order chi connectivity index (χ0) is 48.0. The molecule has 0 aliphatic carbocycles. The molecule has 3 aromatic rings. The number of nitrogens with one attached hydrogen (secondary N) is 3. The van der Waals surface area contributed by atoms with Crippen molar-refractivity contribution in [2.75, 3.05) is 19.8 Å². The van der Waals surface area contributed by atoms with Gasteiger partial charge in [0.1, 0.15) is 68.5 Å². The number of aromatic amines is 3. The highest BCUT2D eigenvalue weighted by molar-refractivity contribution is 8.42. The lowest BCUT2D eigenvalue weighted by molar-refractivity contribution is -0.328. The molecule has 65 heavy (non-hydrogen) atoms. The van der Waals surface area contributed by atoms with Crippen LogP contribution in [0.3, 0.4) is 0 Å². The monoisotopic (exact) mass is 1070 g/mol. The lowest BCUT2D eigenvalue weighted by Crippen LogP contribution is -2.34. The molecule has 3 saturated heterocycles. The van der Waals surface area contributed by atoms with Gasteiger partial charge in [-0.05, 0) is 25.1 Å². The topological polar surface area (TPSA) is 375 Å². The molecule has 362 valence electrons. The van der Waals surface area contributed by atoms with Crippen LogP contribution in [0.2, 0.25) is 0 Å². The lowest BCUT2D eigenvalue weighted by atomic mass is 10.2. The first-order chi connectivity index (χ1) is 30.1. The normalized spacial score (nSPS) is 28.8. The Labute approximate surface area is 388 Å². The van der Waals surface area contributed by atoms with Gasteiger partial charge in [0.2, 0.25) is 0 Å². The minimum Gasteiger partial charge on any atom is -0.676 e. The van der Waals surface area contributed by atoms with Crippen LogP contribution in [0.1, 0.15) is 54.6 Å². The van der Waals surface area contributed by atoms with Crippen molar-refractivity contribution < 1.29 is 70.7 Å². The Hall–Kier alpha value is -1.44. The number of aromatic nitrogens is 6. The molecule has 3 aliphatic rings. The van der Waals surface area contributed by atoms with Crippen LogP contribution in [0.15, 0.2) is 47.4 Å². The van der Waals surface area contributed by atoms with Gasteiger partial charge >= 0.3 is 31.4 Å². The molecule has 0 radical (unpaired) electrons. The predicted molar refractivity (Wildman–Crippen MR) is 232 cm³/mol. The van der Waals surface area contributed by atoms with Crippen molar-refractivity contribution in [1.82, 2.24) is 28.7 Å². The first-order valence-electron chi connectivity index (χ1n) is 18.7. The van der Waals surface area contributed by atoms with E-state index in [0.29, 0.717) is 0 Å². The highest BCUT2D eigenvalue weighted by Crippen LogP contribution is 2.73. The van der Waals surface area contributed by atoms with Crippen LogP contribution in [0.5, 0.6) is 0 Å². The number of aliphatic hydroxyl groups excluding tert-OH is 1. The van der Waals surface area contributed by atoms with Gasteiger partial charge in [-0.1, -0.05) is 7.15 Å². The fourth-order valence-electron chi connectivity index (χ4n) is 6.86. The van der Waals surface area contributed by atoms with Crippen LogP contribution in [-0.4, -0.2) is 105 Å². The maximum atomic E-state index is 12.8. The Bertz CT molecular complexity index is 2570. The highest BCUT2D eigenvalue weighted by Gasteiger charge is 2.51. The zero-order valence-corrected chi connectivity index (χ0v) is 40.5. The van der Waals surface area contributed by atoms with E-state index in [1.807, 2.05) is 0 Å². The Morgan fingerprint density at radius 3 is 1.32 bits per heavy atom. The van der Waals surface area contributed by atoms with Crippen LogP contribution < -0.4 is 43.5 Å². The number of aliphatic hydroxyl groups is 1. The quantitative estimate of drug-likeness (QED) is 0.0500. The zero-order valence-electron chi connectivity index (χ0n) is 33.7. The molecule has 3 unspecified atom stereocenters. The molecule has 7 N–H and O–H groups in total. The lowest BCUT2D eigenvalue weighted by Gasteiger charge is -2.43. The summed E-state index contributed by atoms with van der Waals surface area (Å²) in [5.41, 5.74) is -4.22. The van der Waals surface area contributed by atoms with E-state index in [0.717, 1.165) is 13.7 Å². The van der Waals surface area contributed by atoms with Gasteiger partial charge in [0, 0.05) is 54.5 Å². The average molecular weight is 1070 g/mol. The van der Waals surface area contributed by atoms with Gasteiger partial charge in [-0.25, -0.2) is 29.1 Å². The predicted octanol–water partition coefficient (Wildman–Crippen LogP) is -2.78. The summed E-state index contributed by atoms with van der Waals surface area (Å²) in [5, 5.41) is 9.94. The number of H-pyrrole nitrogens is 3. The standard InChI is InChI=1S/C30H42N6O21P4S4/c1-13-7-34(28(41)31-25(13)38)22-4-16(19(10-37)51-22)56-61(48,65)57-60(47,64)50-12-21-18(6-24(53-21)36-9-15(3)27(40)33-30(36)43)55-59(46,63)49-11-20-17(54-58(44,45)62)5-23(52-20)35-8-14(2)26(39)32-29(35)42/h7-9,16-24,37H,4-6,10-12H2,1-3H3,(H,46,63)(H,47,64)(H,48,65)(H,31,38,41)(H,32,39,42)(H,33,40,43)(H2,44,45,62)/p-2/t16-,17-,18-,19+,20+,21+,22+,23+,24+,59?,60?,61?/m0/s1. The number of ether oxygens (including phenoxy) is 3. The molecule has 0 saturated carbocycles. The molecule has 35 heteroatoms. The SMILES string of the molecule is Cc1cn([C@H]2C[C@H](O[P+]([O-])([O-])[S-])[C@@H](CO[P+](O)([S-])O[C@H]3C[C@H](n4cc(C)c(=O)[nH]c4=O)O[C@@H]3CO[P+](O)([S-])O[P+](O)([S-])O[C@H]3C[C@H](n4cc(C)c(=O)[nH]c4=O)O[C@@H]3CO)O2)c(=O)[nH]c1=O. The molecule has 6 heterocycles. The second-order valence-electron chi connectivity index (χ2n) is 14.7. The molecule has 27 nitrogen and oxygen atoms in total. The number of nitrogens with zero attached hydrogens (tertiary/aromatic N) is 3. The van der Waals surface area contributed by atoms with Gasteiger partial charge in [0.25, 0.3) is 23.8 Å². The molecular weight excluding hydrogens is 1030 g/mol. The van der Waals surface area contributed by atoms with E-state index in [1.165, 1.54) is 39.4 Å². The van der Waals surface area contributed by atoms with Crippen molar-refractivity contribution in [3.05, 3.63) is 97.8 Å². The Morgan fingerprint density at radius 1 is 0.600 bits per heavy atom. The largest absolute Gasteiger partial charge is 0.676 e. The van der Waals surface area contributed by atoms with Crippen LogP contribution >= 0.6 is 28.6 Å². The van der Waals surface area contributed by atoms with E-state index in [2.05, 4.69) is 27.2 Å². The number of hydrogen-bond acceptors (Lipinski definition) is 25. The van der Waals surface area contributed by atoms with Crippen LogP contribution in [0.25, 0.3) is 0 Å².